The standard InChI is InChI=1S/C14H16F3N3/c1-2-9-20-13(7-8-19-20)10-18-12-5-3-11(4-6-12)14(15,16)17/h3-8,18H,2,9-10H2,1H3. The van der Waals surface area contributed by atoms with Crippen LogP contribution in [0.4, 0.5) is 18.9 Å². The van der Waals surface area contributed by atoms with Gasteiger partial charge in [0.25, 0.3) is 0 Å². The molecular formula is C14H16F3N3. The Hall–Kier alpha value is -1.98. The number of anilines is 1. The first-order valence-electron chi connectivity index (χ1n) is 6.42. The molecule has 0 aliphatic heterocycles. The Morgan fingerprint density at radius 2 is 1.85 bits per heavy atom. The van der Waals surface area contributed by atoms with E-state index in [0.717, 1.165) is 30.8 Å². The molecular weight excluding hydrogens is 267 g/mol. The van der Waals surface area contributed by atoms with Gasteiger partial charge in [0, 0.05) is 18.4 Å². The fourth-order valence-electron chi connectivity index (χ4n) is 1.89. The van der Waals surface area contributed by atoms with Crippen molar-refractivity contribution in [3.8, 4) is 0 Å². The number of aromatic nitrogens is 2. The topological polar surface area (TPSA) is 29.9 Å². The predicted molar refractivity (Wildman–Crippen MR) is 71.3 cm³/mol. The van der Waals surface area contributed by atoms with Gasteiger partial charge in [-0.3, -0.25) is 4.68 Å². The largest absolute Gasteiger partial charge is 0.416 e. The number of aryl methyl sites for hydroxylation is 1. The van der Waals surface area contributed by atoms with Crippen molar-refractivity contribution in [3.05, 3.63) is 47.8 Å². The number of hydrogen-bond donors (Lipinski definition) is 1. The third kappa shape index (κ3) is 3.53. The highest BCUT2D eigenvalue weighted by atomic mass is 19.4. The minimum Gasteiger partial charge on any atom is -0.379 e. The Morgan fingerprint density at radius 1 is 1.15 bits per heavy atom. The van der Waals surface area contributed by atoms with Gasteiger partial charge in [-0.25, -0.2) is 0 Å². The Balaban J connectivity index is 1.99. The van der Waals surface area contributed by atoms with E-state index in [4.69, 9.17) is 0 Å². The molecule has 6 heteroatoms. The van der Waals surface area contributed by atoms with Crippen molar-refractivity contribution in [2.45, 2.75) is 32.6 Å². The van der Waals surface area contributed by atoms with Crippen LogP contribution in [0.2, 0.25) is 0 Å². The summed E-state index contributed by atoms with van der Waals surface area (Å²) in [6, 6.07) is 6.91. The quantitative estimate of drug-likeness (QED) is 0.901. The lowest BCUT2D eigenvalue weighted by Gasteiger charge is -2.10. The Kier molecular flexibility index (Phi) is 4.32. The highest BCUT2D eigenvalue weighted by Gasteiger charge is 2.29. The first-order valence-corrected chi connectivity index (χ1v) is 6.42. The lowest BCUT2D eigenvalue weighted by molar-refractivity contribution is -0.137. The van der Waals surface area contributed by atoms with Gasteiger partial charge in [0.05, 0.1) is 17.8 Å². The van der Waals surface area contributed by atoms with E-state index in [1.54, 1.807) is 6.20 Å². The second kappa shape index (κ2) is 5.98. The van der Waals surface area contributed by atoms with Gasteiger partial charge >= 0.3 is 6.18 Å². The fourth-order valence-corrected chi connectivity index (χ4v) is 1.89. The van der Waals surface area contributed by atoms with E-state index in [1.807, 2.05) is 10.7 Å². The van der Waals surface area contributed by atoms with E-state index >= 15 is 0 Å². The summed E-state index contributed by atoms with van der Waals surface area (Å²) in [6.45, 7) is 3.43. The minimum atomic E-state index is -4.29. The first kappa shape index (κ1) is 14.4. The molecule has 1 N–H and O–H groups in total. The Bertz CT molecular complexity index is 544. The Morgan fingerprint density at radius 3 is 2.45 bits per heavy atom. The zero-order chi connectivity index (χ0) is 14.6. The van der Waals surface area contributed by atoms with E-state index in [-0.39, 0.29) is 0 Å². The minimum absolute atomic E-state index is 0.533. The number of halogens is 3. The van der Waals surface area contributed by atoms with Crippen LogP contribution in [0.15, 0.2) is 36.5 Å². The molecule has 3 nitrogen and oxygen atoms in total. The van der Waals surface area contributed by atoms with Crippen LogP contribution in [0.5, 0.6) is 0 Å². The number of nitrogens with one attached hydrogen (secondary N) is 1. The summed E-state index contributed by atoms with van der Waals surface area (Å²) in [4.78, 5) is 0. The molecule has 2 aromatic rings. The van der Waals surface area contributed by atoms with Crippen LogP contribution in [0.1, 0.15) is 24.6 Å². The van der Waals surface area contributed by atoms with E-state index < -0.39 is 11.7 Å². The third-order valence-corrected chi connectivity index (χ3v) is 2.93. The van der Waals surface area contributed by atoms with Gasteiger partial charge in [0.15, 0.2) is 0 Å². The average Bonchev–Trinajstić information content (AvgIpc) is 2.84. The monoisotopic (exact) mass is 283 g/mol. The van der Waals surface area contributed by atoms with Crippen LogP contribution in [0, 0.1) is 0 Å². The van der Waals surface area contributed by atoms with Crippen molar-refractivity contribution in [1.29, 1.82) is 0 Å². The van der Waals surface area contributed by atoms with E-state index in [9.17, 15) is 13.2 Å². The summed E-state index contributed by atoms with van der Waals surface area (Å²) >= 11 is 0. The molecule has 0 unspecified atom stereocenters. The van der Waals surface area contributed by atoms with Gasteiger partial charge in [-0.1, -0.05) is 6.92 Å². The van der Waals surface area contributed by atoms with Crippen molar-refractivity contribution >= 4 is 5.69 Å². The maximum atomic E-state index is 12.4. The molecule has 1 aromatic heterocycles. The van der Waals surface area contributed by atoms with E-state index in [0.29, 0.717) is 12.2 Å². The van der Waals surface area contributed by atoms with Gasteiger partial charge in [0.1, 0.15) is 0 Å². The molecule has 0 radical (unpaired) electrons. The number of rotatable bonds is 5. The summed E-state index contributed by atoms with van der Waals surface area (Å²) in [5, 5.41) is 7.29. The molecule has 0 aliphatic carbocycles. The zero-order valence-electron chi connectivity index (χ0n) is 11.1. The van der Waals surface area contributed by atoms with Crippen molar-refractivity contribution in [3.63, 3.8) is 0 Å². The molecule has 0 fully saturated rings. The molecule has 0 aliphatic rings. The summed E-state index contributed by atoms with van der Waals surface area (Å²) in [5.74, 6) is 0. The summed E-state index contributed by atoms with van der Waals surface area (Å²) in [6.07, 6.45) is -1.59. The van der Waals surface area contributed by atoms with Crippen molar-refractivity contribution in [1.82, 2.24) is 9.78 Å². The highest BCUT2D eigenvalue weighted by molar-refractivity contribution is 5.45. The van der Waals surface area contributed by atoms with Crippen molar-refractivity contribution in [2.75, 3.05) is 5.32 Å². The number of alkyl halides is 3. The summed E-state index contributed by atoms with van der Waals surface area (Å²) in [5.41, 5.74) is 1.02. The summed E-state index contributed by atoms with van der Waals surface area (Å²) < 4.78 is 39.2. The molecule has 0 saturated carbocycles. The maximum absolute atomic E-state index is 12.4. The molecule has 2 rings (SSSR count). The predicted octanol–water partition coefficient (Wildman–Crippen LogP) is 3.92. The van der Waals surface area contributed by atoms with Crippen molar-refractivity contribution < 1.29 is 13.2 Å². The molecule has 0 saturated heterocycles. The van der Waals surface area contributed by atoms with Gasteiger partial charge in [-0.05, 0) is 36.8 Å². The van der Waals surface area contributed by atoms with Crippen LogP contribution in [0.25, 0.3) is 0 Å². The number of nitrogens with zero attached hydrogens (tertiary/aromatic N) is 2. The van der Waals surface area contributed by atoms with Crippen LogP contribution in [0.3, 0.4) is 0 Å². The lowest BCUT2D eigenvalue weighted by atomic mass is 10.2. The second-order valence-electron chi connectivity index (χ2n) is 4.47. The van der Waals surface area contributed by atoms with Gasteiger partial charge in [0.2, 0.25) is 0 Å². The van der Waals surface area contributed by atoms with Crippen LogP contribution in [-0.2, 0) is 19.3 Å². The smallest absolute Gasteiger partial charge is 0.379 e. The summed E-state index contributed by atoms with van der Waals surface area (Å²) in [7, 11) is 0. The molecule has 1 aromatic carbocycles. The van der Waals surface area contributed by atoms with Crippen molar-refractivity contribution in [2.24, 2.45) is 0 Å². The second-order valence-corrected chi connectivity index (χ2v) is 4.47. The molecule has 0 bridgehead atoms. The van der Waals surface area contributed by atoms with Gasteiger partial charge in [-0.15, -0.1) is 0 Å². The van der Waals surface area contributed by atoms with Crippen LogP contribution < -0.4 is 5.32 Å². The Labute approximate surface area is 115 Å². The average molecular weight is 283 g/mol. The lowest BCUT2D eigenvalue weighted by Crippen LogP contribution is -2.09. The molecule has 108 valence electrons. The first-order chi connectivity index (χ1) is 9.50. The maximum Gasteiger partial charge on any atom is 0.416 e. The fraction of sp³-hybridized carbons (Fsp3) is 0.357. The van der Waals surface area contributed by atoms with Gasteiger partial charge < -0.3 is 5.32 Å². The number of hydrogen-bond acceptors (Lipinski definition) is 2. The normalized spacial score (nSPS) is 11.6. The molecule has 0 spiro atoms. The van der Waals surface area contributed by atoms with Crippen LogP contribution >= 0.6 is 0 Å². The van der Waals surface area contributed by atoms with E-state index in [1.165, 1.54) is 12.1 Å². The molecule has 1 heterocycles. The zero-order valence-corrected chi connectivity index (χ0v) is 11.1. The number of benzene rings is 1. The third-order valence-electron chi connectivity index (χ3n) is 2.93. The van der Waals surface area contributed by atoms with Gasteiger partial charge in [-0.2, -0.15) is 18.3 Å². The molecule has 0 atom stereocenters. The molecule has 20 heavy (non-hydrogen) atoms. The van der Waals surface area contributed by atoms with E-state index in [2.05, 4.69) is 17.3 Å². The highest BCUT2D eigenvalue weighted by Crippen LogP contribution is 2.29. The molecule has 0 amide bonds. The van der Waals surface area contributed by atoms with Crippen LogP contribution in [-0.4, -0.2) is 9.78 Å². The SMILES string of the molecule is CCCn1nccc1CNc1ccc(C(F)(F)F)cc1.